The van der Waals surface area contributed by atoms with Crippen LogP contribution in [0.25, 0.3) is 0 Å². The first-order valence-electron chi connectivity index (χ1n) is 15.0. The summed E-state index contributed by atoms with van der Waals surface area (Å²) in [4.78, 5) is 43.1. The fourth-order valence-corrected chi connectivity index (χ4v) is 5.90. The highest BCUT2D eigenvalue weighted by Gasteiger charge is 2.43. The van der Waals surface area contributed by atoms with Crippen LogP contribution in [-0.2, 0) is 39.2 Å². The summed E-state index contributed by atoms with van der Waals surface area (Å²) in [6, 6.07) is 12.7. The molecule has 3 amide bonds. The molecule has 1 heterocycles. The summed E-state index contributed by atoms with van der Waals surface area (Å²) in [6.07, 6.45) is 3.33. The van der Waals surface area contributed by atoms with Crippen molar-refractivity contribution in [3.8, 4) is 0 Å². The Hall–Kier alpha value is -3.19. The van der Waals surface area contributed by atoms with Crippen molar-refractivity contribution in [1.29, 1.82) is 0 Å². The highest BCUT2D eigenvalue weighted by Crippen LogP contribution is 2.33. The molecule has 1 unspecified atom stereocenters. The molecule has 2 aromatic rings. The maximum Gasteiger partial charge on any atom is 0.246 e. The van der Waals surface area contributed by atoms with Gasteiger partial charge in [-0.15, -0.1) is 0 Å². The van der Waals surface area contributed by atoms with Crippen molar-refractivity contribution in [2.75, 3.05) is 7.05 Å². The Bertz CT molecular complexity index is 1290. The van der Waals surface area contributed by atoms with E-state index in [1.165, 1.54) is 11.1 Å². The fraction of sp³-hybridized carbons (Fsp3) is 0.559. The summed E-state index contributed by atoms with van der Waals surface area (Å²) in [5.74, 6) is -0.619. The van der Waals surface area contributed by atoms with Gasteiger partial charge in [-0.05, 0) is 71.9 Å². The van der Waals surface area contributed by atoms with Gasteiger partial charge in [0.15, 0.2) is 0 Å². The zero-order valence-electron chi connectivity index (χ0n) is 26.1. The standard InChI is InChI=1S/C34H48N4O3/c1-21(35-8)30(39)37-29(34(5,6)7)32(41)38-20-24-18-25(33(2,3)4)17-16-23(24)19-28(38)31(40)36-27-15-11-13-22-12-9-10-14-26(22)27/h9-10,12,14,16-18,21,27-29,35H,11,13,15,19-20H2,1-8H3,(H,36,40)(H,37,39)/t21-,27+,28-,29?/m0/s1. The van der Waals surface area contributed by atoms with Crippen LogP contribution in [0.2, 0.25) is 0 Å². The molecule has 0 fully saturated rings. The van der Waals surface area contributed by atoms with Crippen LogP contribution in [0.15, 0.2) is 42.5 Å². The van der Waals surface area contributed by atoms with Crippen LogP contribution in [0.3, 0.4) is 0 Å². The minimum atomic E-state index is -0.788. The van der Waals surface area contributed by atoms with Gasteiger partial charge in [-0.1, -0.05) is 84.0 Å². The summed E-state index contributed by atoms with van der Waals surface area (Å²) in [5.41, 5.74) is 5.17. The molecular weight excluding hydrogens is 512 g/mol. The van der Waals surface area contributed by atoms with Gasteiger partial charge in [-0.3, -0.25) is 14.4 Å². The number of rotatable bonds is 6. The monoisotopic (exact) mass is 560 g/mol. The maximum absolute atomic E-state index is 14.4. The molecule has 0 aromatic heterocycles. The van der Waals surface area contributed by atoms with Crippen LogP contribution in [-0.4, -0.2) is 47.8 Å². The van der Waals surface area contributed by atoms with E-state index in [0.29, 0.717) is 13.0 Å². The first kappa shape index (κ1) is 30.8. The first-order chi connectivity index (χ1) is 19.2. The molecule has 0 radical (unpaired) electrons. The molecule has 0 bridgehead atoms. The van der Waals surface area contributed by atoms with E-state index in [0.717, 1.165) is 36.0 Å². The quantitative estimate of drug-likeness (QED) is 0.483. The number of hydrogen-bond donors (Lipinski definition) is 3. The third-order valence-electron chi connectivity index (χ3n) is 8.70. The Kier molecular flexibility index (Phi) is 8.98. The molecule has 3 N–H and O–H groups in total. The van der Waals surface area contributed by atoms with E-state index >= 15 is 0 Å². The van der Waals surface area contributed by atoms with Crippen molar-refractivity contribution in [2.24, 2.45) is 5.41 Å². The second kappa shape index (κ2) is 12.0. The highest BCUT2D eigenvalue weighted by molar-refractivity contribution is 5.94. The van der Waals surface area contributed by atoms with Gasteiger partial charge in [-0.2, -0.15) is 0 Å². The summed E-state index contributed by atoms with van der Waals surface area (Å²) >= 11 is 0. The summed E-state index contributed by atoms with van der Waals surface area (Å²) in [6.45, 7) is 14.5. The van der Waals surface area contributed by atoms with Crippen LogP contribution in [0, 0.1) is 5.41 Å². The molecule has 0 saturated carbocycles. The SMILES string of the molecule is CN[C@@H](C)C(=O)NC(C(=O)N1Cc2cc(C(C)(C)C)ccc2C[C@H]1C(=O)N[C@@H]1CCCc2ccccc21)C(C)(C)C. The van der Waals surface area contributed by atoms with Crippen molar-refractivity contribution in [2.45, 2.75) is 110 Å². The Morgan fingerprint density at radius 3 is 2.32 bits per heavy atom. The second-order valence-corrected chi connectivity index (χ2v) is 13.9. The lowest BCUT2D eigenvalue weighted by molar-refractivity contribution is -0.147. The van der Waals surface area contributed by atoms with E-state index in [-0.39, 0.29) is 29.2 Å². The molecule has 41 heavy (non-hydrogen) atoms. The van der Waals surface area contributed by atoms with E-state index in [9.17, 15) is 14.4 Å². The van der Waals surface area contributed by atoms with E-state index in [1.54, 1.807) is 18.9 Å². The maximum atomic E-state index is 14.4. The molecule has 7 heteroatoms. The molecule has 2 aromatic carbocycles. The Morgan fingerprint density at radius 2 is 1.66 bits per heavy atom. The average molecular weight is 561 g/mol. The Labute approximate surface area is 245 Å². The molecule has 2 aliphatic rings. The number of amides is 3. The average Bonchev–Trinajstić information content (AvgIpc) is 2.93. The van der Waals surface area contributed by atoms with Gasteiger partial charge in [0.05, 0.1) is 12.1 Å². The van der Waals surface area contributed by atoms with Gasteiger partial charge in [0, 0.05) is 13.0 Å². The first-order valence-corrected chi connectivity index (χ1v) is 15.0. The normalized spacial score (nSPS) is 20.3. The molecule has 4 atom stereocenters. The third kappa shape index (κ3) is 6.83. The number of carbonyl (C=O) groups excluding carboxylic acids is 3. The van der Waals surface area contributed by atoms with Crippen molar-refractivity contribution in [3.63, 3.8) is 0 Å². The smallest absolute Gasteiger partial charge is 0.246 e. The van der Waals surface area contributed by atoms with Crippen LogP contribution < -0.4 is 16.0 Å². The van der Waals surface area contributed by atoms with Gasteiger partial charge in [0.2, 0.25) is 17.7 Å². The van der Waals surface area contributed by atoms with Gasteiger partial charge in [-0.25, -0.2) is 0 Å². The van der Waals surface area contributed by atoms with Gasteiger partial charge < -0.3 is 20.9 Å². The largest absolute Gasteiger partial charge is 0.347 e. The van der Waals surface area contributed by atoms with E-state index in [2.05, 4.69) is 67.1 Å². The predicted molar refractivity (Wildman–Crippen MR) is 163 cm³/mol. The van der Waals surface area contributed by atoms with Crippen LogP contribution >= 0.6 is 0 Å². The fourth-order valence-electron chi connectivity index (χ4n) is 5.90. The van der Waals surface area contributed by atoms with E-state index < -0.39 is 23.5 Å². The van der Waals surface area contributed by atoms with E-state index in [1.807, 2.05) is 32.9 Å². The number of carbonyl (C=O) groups is 3. The minimum absolute atomic E-state index is 0.0440. The van der Waals surface area contributed by atoms with Crippen LogP contribution in [0.5, 0.6) is 0 Å². The topological polar surface area (TPSA) is 90.5 Å². The molecule has 0 saturated heterocycles. The summed E-state index contributed by atoms with van der Waals surface area (Å²) in [7, 11) is 1.72. The lowest BCUT2D eigenvalue weighted by atomic mass is 9.81. The molecule has 1 aliphatic carbocycles. The number of benzene rings is 2. The molecule has 0 spiro atoms. The number of hydrogen-bond acceptors (Lipinski definition) is 4. The molecule has 4 rings (SSSR count). The van der Waals surface area contributed by atoms with Crippen LogP contribution in [0.1, 0.15) is 95.2 Å². The second-order valence-electron chi connectivity index (χ2n) is 13.9. The van der Waals surface area contributed by atoms with Crippen molar-refractivity contribution in [1.82, 2.24) is 20.9 Å². The summed E-state index contributed by atoms with van der Waals surface area (Å²) < 4.78 is 0. The predicted octanol–water partition coefficient (Wildman–Crippen LogP) is 4.57. The minimum Gasteiger partial charge on any atom is -0.347 e. The lowest BCUT2D eigenvalue weighted by Gasteiger charge is -2.42. The van der Waals surface area contributed by atoms with Crippen molar-refractivity contribution >= 4 is 17.7 Å². The highest BCUT2D eigenvalue weighted by atomic mass is 16.2. The van der Waals surface area contributed by atoms with E-state index in [4.69, 9.17) is 0 Å². The number of likely N-dealkylation sites (N-methyl/N-ethyl adjacent to an activating group) is 1. The number of fused-ring (bicyclic) bond motifs is 2. The molecular formula is C34H48N4O3. The number of nitrogens with zero attached hydrogens (tertiary/aromatic N) is 1. The summed E-state index contributed by atoms with van der Waals surface area (Å²) in [5, 5.41) is 9.26. The third-order valence-corrected chi connectivity index (χ3v) is 8.70. The Morgan fingerprint density at radius 1 is 0.951 bits per heavy atom. The van der Waals surface area contributed by atoms with Gasteiger partial charge >= 0.3 is 0 Å². The van der Waals surface area contributed by atoms with Gasteiger partial charge in [0.1, 0.15) is 12.1 Å². The lowest BCUT2D eigenvalue weighted by Crippen LogP contribution is -2.62. The zero-order chi connectivity index (χ0) is 30.1. The zero-order valence-corrected chi connectivity index (χ0v) is 26.1. The van der Waals surface area contributed by atoms with Crippen molar-refractivity contribution < 1.29 is 14.4 Å². The molecule has 1 aliphatic heterocycles. The molecule has 222 valence electrons. The number of nitrogens with one attached hydrogen (secondary N) is 3. The van der Waals surface area contributed by atoms with Crippen LogP contribution in [0.4, 0.5) is 0 Å². The van der Waals surface area contributed by atoms with Gasteiger partial charge in [0.25, 0.3) is 0 Å². The number of aryl methyl sites for hydroxylation is 1. The Balaban J connectivity index is 1.69. The molecule has 7 nitrogen and oxygen atoms in total. The van der Waals surface area contributed by atoms with Crippen molar-refractivity contribution in [3.05, 3.63) is 70.3 Å².